The van der Waals surface area contributed by atoms with Crippen LogP contribution in [0, 0.1) is 19.8 Å². The number of aryl methyl sites for hydroxylation is 1. The summed E-state index contributed by atoms with van der Waals surface area (Å²) in [7, 11) is 0. The molecule has 146 valence electrons. The summed E-state index contributed by atoms with van der Waals surface area (Å²) in [4.78, 5) is 17.3. The van der Waals surface area contributed by atoms with Crippen molar-refractivity contribution in [2.24, 2.45) is 5.92 Å². The van der Waals surface area contributed by atoms with Gasteiger partial charge in [0.25, 0.3) is 0 Å². The van der Waals surface area contributed by atoms with E-state index in [2.05, 4.69) is 10.3 Å². The second-order valence-electron chi connectivity index (χ2n) is 7.12. The Morgan fingerprint density at radius 3 is 2.82 bits per heavy atom. The lowest BCUT2D eigenvalue weighted by atomic mass is 9.93. The molecule has 3 aromatic rings. The molecule has 7 heteroatoms. The van der Waals surface area contributed by atoms with Crippen molar-refractivity contribution in [1.29, 1.82) is 0 Å². The third-order valence-corrected chi connectivity index (χ3v) is 6.20. The molecule has 1 N–H and O–H groups in total. The van der Waals surface area contributed by atoms with E-state index in [0.717, 1.165) is 27.6 Å². The average molecular weight is 397 g/mol. The number of hydrogen-bond donors (Lipinski definition) is 1. The maximum atomic E-state index is 13.0. The summed E-state index contributed by atoms with van der Waals surface area (Å²) in [5.41, 5.74) is 3.94. The van der Waals surface area contributed by atoms with Gasteiger partial charge < -0.3 is 10.1 Å². The minimum atomic E-state index is -0.277. The molecule has 1 unspecified atom stereocenters. The van der Waals surface area contributed by atoms with Crippen molar-refractivity contribution in [1.82, 2.24) is 20.1 Å². The van der Waals surface area contributed by atoms with Crippen molar-refractivity contribution in [2.45, 2.75) is 39.3 Å². The maximum Gasteiger partial charge on any atom is 0.226 e. The van der Waals surface area contributed by atoms with Crippen LogP contribution in [0.5, 0.6) is 0 Å². The number of hydrogen-bond acceptors (Lipinski definition) is 5. The van der Waals surface area contributed by atoms with Gasteiger partial charge in [-0.05, 0) is 39.3 Å². The number of nitrogens with zero attached hydrogens (tertiary/aromatic N) is 3. The van der Waals surface area contributed by atoms with E-state index >= 15 is 0 Å². The first-order valence-corrected chi connectivity index (χ1v) is 10.4. The van der Waals surface area contributed by atoms with Crippen molar-refractivity contribution in [3.8, 4) is 5.69 Å². The normalized spacial score (nSPS) is 20.2. The van der Waals surface area contributed by atoms with E-state index in [9.17, 15) is 4.79 Å². The number of carbonyl (C=O) groups excluding carboxylic acids is 1. The van der Waals surface area contributed by atoms with Crippen LogP contribution in [0.4, 0.5) is 0 Å². The highest BCUT2D eigenvalue weighted by Gasteiger charge is 2.39. The third kappa shape index (κ3) is 3.47. The van der Waals surface area contributed by atoms with Crippen molar-refractivity contribution in [2.75, 3.05) is 6.61 Å². The predicted octanol–water partition coefficient (Wildman–Crippen LogP) is 3.90. The first kappa shape index (κ1) is 18.8. The zero-order valence-corrected chi connectivity index (χ0v) is 17.1. The Kier molecular flexibility index (Phi) is 5.28. The van der Waals surface area contributed by atoms with Crippen LogP contribution < -0.4 is 5.32 Å². The minimum Gasteiger partial charge on any atom is -0.373 e. The van der Waals surface area contributed by atoms with E-state index < -0.39 is 0 Å². The zero-order chi connectivity index (χ0) is 19.7. The Labute approximate surface area is 168 Å². The quantitative estimate of drug-likeness (QED) is 0.710. The van der Waals surface area contributed by atoms with Gasteiger partial charge >= 0.3 is 0 Å². The predicted molar refractivity (Wildman–Crippen MR) is 109 cm³/mol. The molecular formula is C21H24N4O2S. The molecule has 0 radical (unpaired) electrons. The van der Waals surface area contributed by atoms with E-state index in [-0.39, 0.29) is 24.0 Å². The van der Waals surface area contributed by atoms with Crippen LogP contribution >= 0.6 is 11.3 Å². The lowest BCUT2D eigenvalue weighted by Gasteiger charge is -2.21. The highest BCUT2D eigenvalue weighted by Crippen LogP contribution is 2.38. The molecule has 2 aromatic heterocycles. The molecule has 4 rings (SSSR count). The number of benzene rings is 1. The summed E-state index contributed by atoms with van der Waals surface area (Å²) in [5, 5.41) is 10.7. The Hall–Kier alpha value is -2.51. The summed E-state index contributed by atoms with van der Waals surface area (Å²) in [5.74, 6) is -0.218. The van der Waals surface area contributed by atoms with Gasteiger partial charge in [0.05, 0.1) is 29.4 Å². The molecule has 1 amide bonds. The lowest BCUT2D eigenvalue weighted by molar-refractivity contribution is -0.127. The van der Waals surface area contributed by atoms with Crippen LogP contribution in [0.1, 0.15) is 47.4 Å². The van der Waals surface area contributed by atoms with Crippen molar-refractivity contribution in [3.05, 3.63) is 63.9 Å². The van der Waals surface area contributed by atoms with Crippen LogP contribution in [0.2, 0.25) is 0 Å². The first-order valence-electron chi connectivity index (χ1n) is 9.49. The number of thiazole rings is 1. The summed E-state index contributed by atoms with van der Waals surface area (Å²) in [6, 6.07) is 9.92. The van der Waals surface area contributed by atoms with E-state index in [1.165, 1.54) is 0 Å². The van der Waals surface area contributed by atoms with Crippen LogP contribution in [0.15, 0.2) is 41.9 Å². The molecule has 0 bridgehead atoms. The van der Waals surface area contributed by atoms with Crippen LogP contribution in [0.25, 0.3) is 5.69 Å². The molecular weight excluding hydrogens is 372 g/mol. The second-order valence-corrected chi connectivity index (χ2v) is 8.05. The standard InChI is InChI=1S/C21H24N4O2S/c1-13-18(15(3)25(24-13)16-7-5-4-6-8-16)19-17(9-11-27-19)20(26)23-14(2)21-22-10-12-28-21/h4-8,10,12,14,17,19H,9,11H2,1-3H3,(H,23,26)/t14?,17-,19-/m0/s1. The van der Waals surface area contributed by atoms with Gasteiger partial charge in [0.2, 0.25) is 5.91 Å². The van der Waals surface area contributed by atoms with Crippen LogP contribution in [0.3, 0.4) is 0 Å². The molecule has 0 aliphatic carbocycles. The Morgan fingerprint density at radius 2 is 2.11 bits per heavy atom. The summed E-state index contributed by atoms with van der Waals surface area (Å²) in [6.45, 7) is 6.56. The van der Waals surface area contributed by atoms with E-state index in [0.29, 0.717) is 13.0 Å². The Bertz CT molecular complexity index is 952. The second kappa shape index (κ2) is 7.85. The van der Waals surface area contributed by atoms with Gasteiger partial charge in [0.15, 0.2) is 0 Å². The topological polar surface area (TPSA) is 69.0 Å². The molecule has 28 heavy (non-hydrogen) atoms. The molecule has 3 heterocycles. The Morgan fingerprint density at radius 1 is 1.32 bits per heavy atom. The highest BCUT2D eigenvalue weighted by atomic mass is 32.1. The number of aromatic nitrogens is 3. The molecule has 6 nitrogen and oxygen atoms in total. The number of nitrogens with one attached hydrogen (secondary N) is 1. The third-order valence-electron chi connectivity index (χ3n) is 5.24. The minimum absolute atomic E-state index is 0.0106. The molecule has 0 saturated carbocycles. The first-order chi connectivity index (χ1) is 13.6. The number of amides is 1. The zero-order valence-electron chi connectivity index (χ0n) is 16.3. The van der Waals surface area contributed by atoms with Gasteiger partial charge in [-0.3, -0.25) is 4.79 Å². The SMILES string of the molecule is Cc1nn(-c2ccccc2)c(C)c1[C@H]1OCC[C@@H]1C(=O)NC(C)c1nccs1. The van der Waals surface area contributed by atoms with Gasteiger partial charge in [-0.25, -0.2) is 9.67 Å². The molecule has 3 atom stereocenters. The molecule has 1 saturated heterocycles. The highest BCUT2D eigenvalue weighted by molar-refractivity contribution is 7.09. The number of rotatable bonds is 5. The smallest absolute Gasteiger partial charge is 0.226 e. The molecule has 1 aliphatic rings. The average Bonchev–Trinajstić information content (AvgIpc) is 3.43. The van der Waals surface area contributed by atoms with Gasteiger partial charge in [0, 0.05) is 29.4 Å². The van der Waals surface area contributed by atoms with Crippen molar-refractivity contribution in [3.63, 3.8) is 0 Å². The fourth-order valence-corrected chi connectivity index (χ4v) is 4.51. The maximum absolute atomic E-state index is 13.0. The fourth-order valence-electron chi connectivity index (χ4n) is 3.86. The molecule has 1 aliphatic heterocycles. The van der Waals surface area contributed by atoms with Crippen LogP contribution in [-0.2, 0) is 9.53 Å². The van der Waals surface area contributed by atoms with Gasteiger partial charge in [-0.2, -0.15) is 5.10 Å². The van der Waals surface area contributed by atoms with Crippen molar-refractivity contribution < 1.29 is 9.53 Å². The van der Waals surface area contributed by atoms with Gasteiger partial charge in [0.1, 0.15) is 5.01 Å². The monoisotopic (exact) mass is 396 g/mol. The summed E-state index contributed by atoms with van der Waals surface area (Å²) < 4.78 is 7.96. The largest absolute Gasteiger partial charge is 0.373 e. The van der Waals surface area contributed by atoms with Crippen LogP contribution in [-0.4, -0.2) is 27.3 Å². The molecule has 1 aromatic carbocycles. The number of para-hydroxylation sites is 1. The number of carbonyl (C=O) groups is 1. The Balaban J connectivity index is 1.58. The lowest BCUT2D eigenvalue weighted by Crippen LogP contribution is -2.34. The fraction of sp³-hybridized carbons (Fsp3) is 0.381. The van der Waals surface area contributed by atoms with Crippen molar-refractivity contribution >= 4 is 17.2 Å². The summed E-state index contributed by atoms with van der Waals surface area (Å²) >= 11 is 1.55. The number of ether oxygens (including phenoxy) is 1. The van der Waals surface area contributed by atoms with Gasteiger partial charge in [-0.15, -0.1) is 11.3 Å². The van der Waals surface area contributed by atoms with Gasteiger partial charge in [-0.1, -0.05) is 18.2 Å². The van der Waals surface area contributed by atoms with E-state index in [1.54, 1.807) is 17.5 Å². The summed E-state index contributed by atoms with van der Waals surface area (Å²) in [6.07, 6.45) is 2.19. The molecule has 1 fully saturated rings. The molecule has 0 spiro atoms. The van der Waals surface area contributed by atoms with E-state index in [4.69, 9.17) is 9.84 Å². The van der Waals surface area contributed by atoms with E-state index in [1.807, 2.05) is 61.2 Å².